The van der Waals surface area contributed by atoms with Gasteiger partial charge in [-0.25, -0.2) is 0 Å². The quantitative estimate of drug-likeness (QED) is 0.802. The number of nitrogens with zero attached hydrogens (tertiary/aromatic N) is 4. The number of rotatable bonds is 6. The molecule has 0 aromatic carbocycles. The Bertz CT molecular complexity index is 435. The van der Waals surface area contributed by atoms with Gasteiger partial charge in [-0.1, -0.05) is 12.8 Å². The summed E-state index contributed by atoms with van der Waals surface area (Å²) < 4.78 is 5.50. The van der Waals surface area contributed by atoms with Crippen molar-refractivity contribution in [3.05, 3.63) is 0 Å². The largest absolute Gasteiger partial charge is 0.461 e. The van der Waals surface area contributed by atoms with Crippen LogP contribution in [-0.2, 0) is 0 Å². The summed E-state index contributed by atoms with van der Waals surface area (Å²) in [7, 11) is 0. The predicted molar refractivity (Wildman–Crippen MR) is 76.7 cm³/mol. The molecule has 0 bridgehead atoms. The Morgan fingerprint density at radius 1 is 1.30 bits per heavy atom. The van der Waals surface area contributed by atoms with E-state index < -0.39 is 0 Å². The Hall–Kier alpha value is -1.63. The van der Waals surface area contributed by atoms with Gasteiger partial charge in [-0.15, -0.1) is 0 Å². The van der Waals surface area contributed by atoms with Crippen molar-refractivity contribution < 1.29 is 9.84 Å². The van der Waals surface area contributed by atoms with Crippen molar-refractivity contribution in [3.63, 3.8) is 0 Å². The molecule has 0 aliphatic heterocycles. The van der Waals surface area contributed by atoms with E-state index in [1.165, 1.54) is 12.8 Å². The van der Waals surface area contributed by atoms with Crippen LogP contribution in [0.1, 0.15) is 39.5 Å². The highest BCUT2D eigenvalue weighted by atomic mass is 16.5. The number of ether oxygens (including phenoxy) is 1. The van der Waals surface area contributed by atoms with Crippen LogP contribution in [0.15, 0.2) is 0 Å². The van der Waals surface area contributed by atoms with Gasteiger partial charge in [0.05, 0.1) is 12.7 Å². The SMILES string of the molecule is CC(C)Oc1nc(N)nc(N(CCO)C2CCCC2)n1. The van der Waals surface area contributed by atoms with E-state index in [0.29, 0.717) is 18.5 Å². The van der Waals surface area contributed by atoms with Crippen molar-refractivity contribution in [2.75, 3.05) is 23.8 Å². The van der Waals surface area contributed by atoms with E-state index >= 15 is 0 Å². The normalized spacial score (nSPS) is 15.8. The molecule has 3 N–H and O–H groups in total. The Kier molecular flexibility index (Phi) is 4.94. The average molecular weight is 281 g/mol. The molecule has 2 rings (SSSR count). The minimum Gasteiger partial charge on any atom is -0.461 e. The van der Waals surface area contributed by atoms with Crippen LogP contribution in [0.25, 0.3) is 0 Å². The summed E-state index contributed by atoms with van der Waals surface area (Å²) >= 11 is 0. The van der Waals surface area contributed by atoms with E-state index in [1.54, 1.807) is 0 Å². The molecule has 1 aromatic heterocycles. The van der Waals surface area contributed by atoms with E-state index in [9.17, 15) is 5.11 Å². The first-order chi connectivity index (χ1) is 9.60. The van der Waals surface area contributed by atoms with Gasteiger partial charge in [-0.3, -0.25) is 0 Å². The highest BCUT2D eigenvalue weighted by Crippen LogP contribution is 2.27. The molecule has 0 unspecified atom stereocenters. The fourth-order valence-corrected chi connectivity index (χ4v) is 2.52. The van der Waals surface area contributed by atoms with Crippen LogP contribution in [0.3, 0.4) is 0 Å². The van der Waals surface area contributed by atoms with Gasteiger partial charge >= 0.3 is 6.01 Å². The molecule has 0 spiro atoms. The topological polar surface area (TPSA) is 97.4 Å². The summed E-state index contributed by atoms with van der Waals surface area (Å²) in [6.45, 7) is 4.36. The third-order valence-corrected chi connectivity index (χ3v) is 3.32. The maximum Gasteiger partial charge on any atom is 0.323 e. The van der Waals surface area contributed by atoms with Gasteiger partial charge in [0, 0.05) is 12.6 Å². The zero-order valence-electron chi connectivity index (χ0n) is 12.1. The summed E-state index contributed by atoms with van der Waals surface area (Å²) in [6, 6.07) is 0.597. The van der Waals surface area contributed by atoms with Crippen molar-refractivity contribution in [1.82, 2.24) is 15.0 Å². The van der Waals surface area contributed by atoms with E-state index in [2.05, 4.69) is 15.0 Å². The number of nitrogens with two attached hydrogens (primary N) is 1. The van der Waals surface area contributed by atoms with Gasteiger partial charge in [0.1, 0.15) is 0 Å². The van der Waals surface area contributed by atoms with Gasteiger partial charge < -0.3 is 20.5 Å². The maximum absolute atomic E-state index is 9.27. The monoisotopic (exact) mass is 281 g/mol. The number of aromatic nitrogens is 3. The Balaban J connectivity index is 2.24. The molecule has 0 atom stereocenters. The fraction of sp³-hybridized carbons (Fsp3) is 0.769. The minimum absolute atomic E-state index is 0.0255. The minimum atomic E-state index is -0.0255. The van der Waals surface area contributed by atoms with Crippen LogP contribution in [-0.4, -0.2) is 45.4 Å². The van der Waals surface area contributed by atoms with Crippen LogP contribution in [0.2, 0.25) is 0 Å². The Morgan fingerprint density at radius 2 is 2.00 bits per heavy atom. The standard InChI is InChI=1S/C13H23N5O2/c1-9(2)20-13-16-11(14)15-12(17-13)18(7-8-19)10-5-3-4-6-10/h9-10,19H,3-8H2,1-2H3,(H2,14,15,16,17). The summed E-state index contributed by atoms with van der Waals surface area (Å²) in [5, 5.41) is 9.27. The second kappa shape index (κ2) is 6.69. The molecule has 0 radical (unpaired) electrons. The predicted octanol–water partition coefficient (Wildman–Crippen LogP) is 0.982. The van der Waals surface area contributed by atoms with Crippen LogP contribution in [0, 0.1) is 0 Å². The zero-order valence-corrected chi connectivity index (χ0v) is 12.1. The number of nitrogen functional groups attached to an aromatic ring is 1. The van der Waals surface area contributed by atoms with E-state index in [0.717, 1.165) is 12.8 Å². The summed E-state index contributed by atoms with van der Waals surface area (Å²) in [5.41, 5.74) is 5.74. The zero-order chi connectivity index (χ0) is 14.5. The lowest BCUT2D eigenvalue weighted by Gasteiger charge is -2.28. The van der Waals surface area contributed by atoms with Crippen molar-refractivity contribution in [3.8, 4) is 6.01 Å². The summed E-state index contributed by atoms with van der Waals surface area (Å²) in [6.07, 6.45) is 4.55. The van der Waals surface area contributed by atoms with Crippen LogP contribution < -0.4 is 15.4 Å². The second-order valence-corrected chi connectivity index (χ2v) is 5.30. The molecule has 1 fully saturated rings. The molecule has 7 nitrogen and oxygen atoms in total. The smallest absolute Gasteiger partial charge is 0.323 e. The molecule has 7 heteroatoms. The van der Waals surface area contributed by atoms with Gasteiger partial charge in [0.2, 0.25) is 11.9 Å². The average Bonchev–Trinajstić information content (AvgIpc) is 2.87. The Morgan fingerprint density at radius 3 is 2.60 bits per heavy atom. The number of anilines is 2. The molecular formula is C13H23N5O2. The molecule has 112 valence electrons. The second-order valence-electron chi connectivity index (χ2n) is 5.30. The summed E-state index contributed by atoms with van der Waals surface area (Å²) in [4.78, 5) is 14.5. The van der Waals surface area contributed by atoms with Gasteiger partial charge in [0.25, 0.3) is 0 Å². The number of hydrogen-bond acceptors (Lipinski definition) is 7. The Labute approximate surface area is 119 Å². The molecule has 1 heterocycles. The third kappa shape index (κ3) is 3.69. The highest BCUT2D eigenvalue weighted by molar-refractivity contribution is 5.37. The van der Waals surface area contributed by atoms with Crippen molar-refractivity contribution in [2.24, 2.45) is 0 Å². The van der Waals surface area contributed by atoms with Crippen LogP contribution in [0.5, 0.6) is 6.01 Å². The maximum atomic E-state index is 9.27. The first-order valence-electron chi connectivity index (χ1n) is 7.16. The van der Waals surface area contributed by atoms with Crippen molar-refractivity contribution in [1.29, 1.82) is 0 Å². The lowest BCUT2D eigenvalue weighted by atomic mass is 10.2. The lowest BCUT2D eigenvalue weighted by Crippen LogP contribution is -2.37. The number of aliphatic hydroxyl groups is 1. The molecular weight excluding hydrogens is 258 g/mol. The van der Waals surface area contributed by atoms with Crippen LogP contribution >= 0.6 is 0 Å². The molecule has 1 aliphatic rings. The molecule has 1 aromatic rings. The van der Waals surface area contributed by atoms with Gasteiger partial charge in [-0.2, -0.15) is 15.0 Å². The molecule has 1 aliphatic carbocycles. The van der Waals surface area contributed by atoms with Crippen molar-refractivity contribution >= 4 is 11.9 Å². The molecule has 0 saturated heterocycles. The van der Waals surface area contributed by atoms with E-state index in [4.69, 9.17) is 10.5 Å². The number of aliphatic hydroxyl groups excluding tert-OH is 1. The third-order valence-electron chi connectivity index (χ3n) is 3.32. The molecule has 1 saturated carbocycles. The fourth-order valence-electron chi connectivity index (χ4n) is 2.52. The lowest BCUT2D eigenvalue weighted by molar-refractivity contribution is 0.221. The number of hydrogen-bond donors (Lipinski definition) is 2. The van der Waals surface area contributed by atoms with Crippen LogP contribution in [0.4, 0.5) is 11.9 Å². The summed E-state index contributed by atoms with van der Waals surface area (Å²) in [5.74, 6) is 0.640. The van der Waals surface area contributed by atoms with Gasteiger partial charge in [0.15, 0.2) is 0 Å². The van der Waals surface area contributed by atoms with Crippen molar-refractivity contribution in [2.45, 2.75) is 51.7 Å². The van der Waals surface area contributed by atoms with E-state index in [1.807, 2.05) is 18.7 Å². The molecule has 0 amide bonds. The first kappa shape index (κ1) is 14.8. The molecule has 20 heavy (non-hydrogen) atoms. The van der Waals surface area contributed by atoms with E-state index in [-0.39, 0.29) is 24.7 Å². The van der Waals surface area contributed by atoms with Gasteiger partial charge in [-0.05, 0) is 26.7 Å². The first-order valence-corrected chi connectivity index (χ1v) is 7.16. The highest BCUT2D eigenvalue weighted by Gasteiger charge is 2.25.